The number of esters is 1. The molecule has 1 aliphatic rings. The monoisotopic (exact) mass is 917 g/mol. The third kappa shape index (κ3) is 16.5. The molecule has 1 fully saturated rings. The maximum Gasteiger partial charge on any atom is 0.407 e. The molecule has 0 saturated carbocycles. The van der Waals surface area contributed by atoms with Gasteiger partial charge in [-0.05, 0) is 77.9 Å². The lowest BCUT2D eigenvalue weighted by molar-refractivity contribution is -0.154. The van der Waals surface area contributed by atoms with Crippen LogP contribution in [0.15, 0.2) is 30.3 Å². The number of hydrogen-bond acceptors (Lipinski definition) is 11. The first-order chi connectivity index (χ1) is 30.3. The van der Waals surface area contributed by atoms with Crippen LogP contribution in [-0.4, -0.2) is 153 Å². The number of likely N-dealkylation sites (tertiary alicyclic amines) is 1. The molecule has 1 aromatic carbocycles. The molecule has 5 amide bonds. The van der Waals surface area contributed by atoms with Crippen molar-refractivity contribution in [2.75, 3.05) is 48.5 Å². The van der Waals surface area contributed by atoms with Gasteiger partial charge < -0.3 is 44.7 Å². The predicted molar refractivity (Wildman–Crippen MR) is 252 cm³/mol. The smallest absolute Gasteiger partial charge is 0.407 e. The van der Waals surface area contributed by atoms with Gasteiger partial charge in [-0.3, -0.25) is 24.1 Å². The van der Waals surface area contributed by atoms with Gasteiger partial charge in [0.2, 0.25) is 23.6 Å². The van der Waals surface area contributed by atoms with Crippen molar-refractivity contribution in [3.8, 4) is 0 Å². The Morgan fingerprint density at radius 2 is 1.43 bits per heavy atom. The molecule has 1 aromatic rings. The number of methoxy groups -OCH3 is 2. The van der Waals surface area contributed by atoms with Gasteiger partial charge in [0.15, 0.2) is 0 Å². The Balaban J connectivity index is 2.33. The van der Waals surface area contributed by atoms with Crippen LogP contribution in [0.4, 0.5) is 4.79 Å². The van der Waals surface area contributed by atoms with E-state index in [-0.39, 0.29) is 48.4 Å². The number of nitrogens with zero attached hydrogens (tertiary/aromatic N) is 3. The molecule has 0 spiro atoms. The van der Waals surface area contributed by atoms with Gasteiger partial charge in [0.05, 0.1) is 49.2 Å². The van der Waals surface area contributed by atoms with Gasteiger partial charge in [-0.25, -0.2) is 9.59 Å². The van der Waals surface area contributed by atoms with E-state index in [0.717, 1.165) is 5.56 Å². The number of benzene rings is 1. The first kappa shape index (κ1) is 56.8. The summed E-state index contributed by atoms with van der Waals surface area (Å²) in [4.78, 5) is 87.9. The number of rotatable bonds is 24. The van der Waals surface area contributed by atoms with Crippen molar-refractivity contribution in [3.63, 3.8) is 0 Å². The summed E-state index contributed by atoms with van der Waals surface area (Å²) in [6.45, 7) is 22.7. The summed E-state index contributed by atoms with van der Waals surface area (Å²) >= 11 is 0. The molecule has 1 unspecified atom stereocenters. The first-order valence-electron chi connectivity index (χ1n) is 23.4. The molecule has 0 aromatic heterocycles. The fraction of sp³-hybridized carbons (Fsp3) is 0.755. The van der Waals surface area contributed by atoms with Gasteiger partial charge in [-0.1, -0.05) is 92.1 Å². The van der Waals surface area contributed by atoms with Crippen molar-refractivity contribution in [3.05, 3.63) is 35.9 Å². The summed E-state index contributed by atoms with van der Waals surface area (Å²) in [5, 5.41) is 8.60. The molecule has 65 heavy (non-hydrogen) atoms. The average molecular weight is 917 g/mol. The number of amides is 5. The molecular formula is C49H84N6O10. The van der Waals surface area contributed by atoms with Crippen molar-refractivity contribution in [1.82, 2.24) is 30.7 Å². The largest absolute Gasteiger partial charge is 0.459 e. The van der Waals surface area contributed by atoms with E-state index in [1.165, 1.54) is 7.11 Å². The zero-order valence-corrected chi connectivity index (χ0v) is 42.6. The maximum absolute atomic E-state index is 14.4. The minimum atomic E-state index is -1.09. The second-order valence-electron chi connectivity index (χ2n) is 19.8. The van der Waals surface area contributed by atoms with E-state index in [1.807, 2.05) is 97.8 Å². The molecule has 1 saturated heterocycles. The summed E-state index contributed by atoms with van der Waals surface area (Å²) in [5.41, 5.74) is 0.108. The molecule has 0 radical (unpaired) electrons. The summed E-state index contributed by atoms with van der Waals surface area (Å²) in [6, 6.07) is 6.03. The second-order valence-corrected chi connectivity index (χ2v) is 19.8. The summed E-state index contributed by atoms with van der Waals surface area (Å²) in [7, 11) is 8.46. The number of carbonyl (C=O) groups is 6. The Kier molecular flexibility index (Phi) is 22.9. The minimum absolute atomic E-state index is 0.00405. The van der Waals surface area contributed by atoms with E-state index in [1.54, 1.807) is 58.6 Å². The molecule has 3 N–H and O–H groups in total. The van der Waals surface area contributed by atoms with Crippen LogP contribution in [0.1, 0.15) is 120 Å². The number of likely N-dealkylation sites (N-methyl/N-ethyl adjacent to an activating group) is 2. The minimum Gasteiger partial charge on any atom is -0.459 e. The summed E-state index contributed by atoms with van der Waals surface area (Å²) in [6.07, 6.45) is -0.859. The fourth-order valence-corrected chi connectivity index (χ4v) is 8.89. The van der Waals surface area contributed by atoms with Crippen molar-refractivity contribution < 1.29 is 47.7 Å². The number of nitrogens with one attached hydrogen (secondary N) is 3. The highest BCUT2D eigenvalue weighted by molar-refractivity contribution is 5.90. The maximum atomic E-state index is 14.4. The van der Waals surface area contributed by atoms with E-state index >= 15 is 0 Å². The molecule has 1 heterocycles. The van der Waals surface area contributed by atoms with Crippen LogP contribution in [0, 0.1) is 23.7 Å². The van der Waals surface area contributed by atoms with E-state index in [2.05, 4.69) is 16.0 Å². The third-order valence-electron chi connectivity index (χ3n) is 12.6. The number of carbonyl (C=O) groups excluding carboxylic acids is 6. The van der Waals surface area contributed by atoms with Crippen LogP contribution in [0.25, 0.3) is 0 Å². The molecule has 16 nitrogen and oxygen atoms in total. The lowest BCUT2D eigenvalue weighted by atomic mass is 9.89. The highest BCUT2D eigenvalue weighted by Crippen LogP contribution is 2.30. The Morgan fingerprint density at radius 1 is 0.831 bits per heavy atom. The standard InChI is InChI=1S/C49H84N6O10/c1-18-31(6)42(54(15)46(59)39(29(2)3)51-45(58)41(30(4)5)53(13)14)37(62-16)27-38(56)55-26-22-25-36(55)43(63-17)34(9)44(57)52-40(33(8)35-23-20-19-21-24-35)47(60)64-32(7)28-50-48(61)65-49(10,11)12/h19-21,23-24,29-34,36-37,39-43H,18,22,25-28H2,1-17H3,(H,50,61)(H,51,58)(H,52,57)/t31-,32?,33-,34+,36-,37+,39-,40-,41-,42-,43+/m0/s1. The van der Waals surface area contributed by atoms with Gasteiger partial charge in [0.25, 0.3) is 0 Å². The third-order valence-corrected chi connectivity index (χ3v) is 12.6. The van der Waals surface area contributed by atoms with E-state index in [0.29, 0.717) is 25.8 Å². The molecule has 2 rings (SSSR count). The van der Waals surface area contributed by atoms with Crippen LogP contribution in [0.2, 0.25) is 0 Å². The molecule has 370 valence electrons. The van der Waals surface area contributed by atoms with Gasteiger partial charge in [-0.2, -0.15) is 0 Å². The lowest BCUT2D eigenvalue weighted by Gasteiger charge is -2.41. The average Bonchev–Trinajstić information content (AvgIpc) is 3.72. The van der Waals surface area contributed by atoms with Crippen LogP contribution in [0.3, 0.4) is 0 Å². The van der Waals surface area contributed by atoms with Crippen LogP contribution in [-0.2, 0) is 42.9 Å². The predicted octanol–water partition coefficient (Wildman–Crippen LogP) is 5.38. The molecule has 11 atom stereocenters. The SMILES string of the molecule is CC[C@H](C)[C@@H]([C@@H](CC(=O)N1CCC[C@H]1[C@H](OC)[C@@H](C)C(=O)N[C@H](C(=O)OC(C)CNC(=O)OC(C)(C)C)[C@@H](C)c1ccccc1)OC)N(C)C(=O)[C@@H](NC(=O)[C@H](C(C)C)N(C)C)C(C)C. The summed E-state index contributed by atoms with van der Waals surface area (Å²) in [5.74, 6) is -3.36. The van der Waals surface area contributed by atoms with Crippen LogP contribution < -0.4 is 16.0 Å². The number of hydrogen-bond donors (Lipinski definition) is 3. The highest BCUT2D eigenvalue weighted by Gasteiger charge is 2.44. The topological polar surface area (TPSA) is 185 Å². The van der Waals surface area contributed by atoms with Crippen LogP contribution >= 0.6 is 0 Å². The summed E-state index contributed by atoms with van der Waals surface area (Å²) < 4.78 is 23.2. The Bertz CT molecular complexity index is 1680. The van der Waals surface area contributed by atoms with Crippen molar-refractivity contribution >= 4 is 35.7 Å². The molecule has 1 aliphatic heterocycles. The van der Waals surface area contributed by atoms with Gasteiger partial charge in [0, 0.05) is 33.7 Å². The van der Waals surface area contributed by atoms with Gasteiger partial charge >= 0.3 is 12.1 Å². The lowest BCUT2D eigenvalue weighted by Crippen LogP contribution is -2.59. The molecular weight excluding hydrogens is 833 g/mol. The quantitative estimate of drug-likeness (QED) is 0.113. The van der Waals surface area contributed by atoms with E-state index in [4.69, 9.17) is 18.9 Å². The Morgan fingerprint density at radius 3 is 1.94 bits per heavy atom. The number of ether oxygens (including phenoxy) is 4. The molecule has 16 heteroatoms. The normalized spacial score (nSPS) is 19.0. The number of alkyl carbamates (subject to hydrolysis) is 1. The van der Waals surface area contributed by atoms with Gasteiger partial charge in [-0.15, -0.1) is 0 Å². The zero-order chi connectivity index (χ0) is 49.5. The van der Waals surface area contributed by atoms with Crippen molar-refractivity contribution in [2.24, 2.45) is 23.7 Å². The van der Waals surface area contributed by atoms with Crippen molar-refractivity contribution in [2.45, 2.75) is 169 Å². The highest BCUT2D eigenvalue weighted by atomic mass is 16.6. The first-order valence-corrected chi connectivity index (χ1v) is 23.4. The fourth-order valence-electron chi connectivity index (χ4n) is 8.89. The Labute approximate surface area is 389 Å². The molecule has 0 aliphatic carbocycles. The van der Waals surface area contributed by atoms with Gasteiger partial charge in [0.1, 0.15) is 23.8 Å². The van der Waals surface area contributed by atoms with Crippen LogP contribution in [0.5, 0.6) is 0 Å². The second kappa shape index (κ2) is 26.2. The van der Waals surface area contributed by atoms with E-state index < -0.39 is 83.9 Å². The van der Waals surface area contributed by atoms with E-state index in [9.17, 15) is 28.8 Å². The van der Waals surface area contributed by atoms with Crippen molar-refractivity contribution in [1.29, 1.82) is 0 Å². The molecule has 0 bridgehead atoms. The zero-order valence-electron chi connectivity index (χ0n) is 42.6. The Hall–Kier alpha value is -4.28.